The number of nitrogens with zero attached hydrogens (tertiary/aromatic N) is 2. The van der Waals surface area contributed by atoms with Crippen molar-refractivity contribution in [2.75, 3.05) is 33.3 Å². The largest absolute Gasteiger partial charge is 0.493 e. The lowest BCUT2D eigenvalue weighted by molar-refractivity contribution is -0.135. The number of likely N-dealkylation sites (tertiary alicyclic amines) is 1. The van der Waals surface area contributed by atoms with Gasteiger partial charge in [-0.2, -0.15) is 0 Å². The van der Waals surface area contributed by atoms with Crippen molar-refractivity contribution in [3.05, 3.63) is 51.7 Å². The highest BCUT2D eigenvalue weighted by Gasteiger charge is 2.29. The van der Waals surface area contributed by atoms with E-state index in [4.69, 9.17) is 16.3 Å². The Morgan fingerprint density at radius 1 is 1.25 bits per heavy atom. The molecule has 0 N–H and O–H groups in total. The van der Waals surface area contributed by atoms with Crippen LogP contribution in [0.4, 0.5) is 0 Å². The number of rotatable bonds is 7. The second kappa shape index (κ2) is 9.94. The Labute approximate surface area is 174 Å². The van der Waals surface area contributed by atoms with Crippen LogP contribution in [0.2, 0.25) is 5.02 Å². The van der Waals surface area contributed by atoms with Gasteiger partial charge in [0.1, 0.15) is 5.75 Å². The lowest BCUT2D eigenvalue weighted by Gasteiger charge is -2.33. The van der Waals surface area contributed by atoms with Gasteiger partial charge in [0.25, 0.3) is 5.91 Å². The number of ether oxygens (including phenoxy) is 1. The maximum Gasteiger partial charge on any atom is 0.263 e. The van der Waals surface area contributed by atoms with E-state index in [2.05, 4.69) is 0 Å². The summed E-state index contributed by atoms with van der Waals surface area (Å²) in [6.07, 6.45) is 2.20. The molecule has 3 rings (SSSR count). The molecule has 0 radical (unpaired) electrons. The van der Waals surface area contributed by atoms with Crippen molar-refractivity contribution in [2.24, 2.45) is 5.92 Å². The first-order valence-electron chi connectivity index (χ1n) is 9.50. The van der Waals surface area contributed by atoms with Gasteiger partial charge in [0.15, 0.2) is 0 Å². The third-order valence-corrected chi connectivity index (χ3v) is 6.04. The summed E-state index contributed by atoms with van der Waals surface area (Å²) in [5, 5.41) is 2.56. The van der Waals surface area contributed by atoms with E-state index in [0.29, 0.717) is 31.3 Å². The molecule has 1 aromatic heterocycles. The van der Waals surface area contributed by atoms with Gasteiger partial charge in [-0.1, -0.05) is 23.7 Å². The van der Waals surface area contributed by atoms with E-state index in [1.165, 1.54) is 11.3 Å². The lowest BCUT2D eigenvalue weighted by atomic mass is 9.95. The lowest BCUT2D eigenvalue weighted by Crippen LogP contribution is -2.43. The van der Waals surface area contributed by atoms with Crippen molar-refractivity contribution in [1.82, 2.24) is 9.80 Å². The maximum atomic E-state index is 12.7. The second-order valence-electron chi connectivity index (χ2n) is 6.96. The normalized spacial score (nSPS) is 14.7. The van der Waals surface area contributed by atoms with Gasteiger partial charge in [0.2, 0.25) is 5.91 Å². The molecule has 0 atom stereocenters. The van der Waals surface area contributed by atoms with Gasteiger partial charge in [-0.05, 0) is 48.9 Å². The minimum Gasteiger partial charge on any atom is -0.493 e. The summed E-state index contributed by atoms with van der Waals surface area (Å²) in [5.41, 5.74) is 0. The summed E-state index contributed by atoms with van der Waals surface area (Å²) < 4.78 is 5.67. The fourth-order valence-corrected chi connectivity index (χ4v) is 4.23. The van der Waals surface area contributed by atoms with E-state index in [9.17, 15) is 9.59 Å². The van der Waals surface area contributed by atoms with Gasteiger partial charge >= 0.3 is 0 Å². The fraction of sp³-hybridized carbons (Fsp3) is 0.429. The summed E-state index contributed by atoms with van der Waals surface area (Å²) in [4.78, 5) is 29.5. The maximum absolute atomic E-state index is 12.7. The van der Waals surface area contributed by atoms with E-state index in [1.807, 2.05) is 41.6 Å². The number of hydrogen-bond acceptors (Lipinski definition) is 4. The molecule has 7 heteroatoms. The van der Waals surface area contributed by atoms with E-state index >= 15 is 0 Å². The van der Waals surface area contributed by atoms with Crippen LogP contribution in [0.3, 0.4) is 0 Å². The first-order chi connectivity index (χ1) is 13.5. The molecule has 28 heavy (non-hydrogen) atoms. The van der Waals surface area contributed by atoms with Gasteiger partial charge in [-0.15, -0.1) is 11.3 Å². The third kappa shape index (κ3) is 5.49. The van der Waals surface area contributed by atoms with Gasteiger partial charge in [0.05, 0.1) is 11.5 Å². The van der Waals surface area contributed by atoms with E-state index in [1.54, 1.807) is 17.0 Å². The fourth-order valence-electron chi connectivity index (χ4n) is 3.36. The van der Waals surface area contributed by atoms with Crippen molar-refractivity contribution < 1.29 is 14.3 Å². The molecule has 1 aliphatic rings. The molecule has 2 amide bonds. The van der Waals surface area contributed by atoms with Crippen molar-refractivity contribution in [2.45, 2.75) is 19.3 Å². The molecule has 1 saturated heterocycles. The Bertz CT molecular complexity index is 789. The van der Waals surface area contributed by atoms with Crippen LogP contribution in [0.15, 0.2) is 41.8 Å². The van der Waals surface area contributed by atoms with Crippen LogP contribution in [0, 0.1) is 5.92 Å². The van der Waals surface area contributed by atoms with Crippen molar-refractivity contribution in [3.63, 3.8) is 0 Å². The molecule has 150 valence electrons. The summed E-state index contributed by atoms with van der Waals surface area (Å²) in [6.45, 7) is 2.46. The van der Waals surface area contributed by atoms with Crippen LogP contribution in [0.5, 0.6) is 5.75 Å². The molecular formula is C21H25ClN2O3S. The van der Waals surface area contributed by atoms with E-state index in [0.717, 1.165) is 29.9 Å². The summed E-state index contributed by atoms with van der Waals surface area (Å²) in [7, 11) is 1.84. The summed E-state index contributed by atoms with van der Waals surface area (Å²) in [6, 6.07) is 11.0. The van der Waals surface area contributed by atoms with E-state index < -0.39 is 0 Å². The Hall–Kier alpha value is -2.05. The zero-order chi connectivity index (χ0) is 19.9. The highest BCUT2D eigenvalue weighted by Crippen LogP contribution is 2.22. The number of halogens is 1. The molecule has 0 saturated carbocycles. The second-order valence-corrected chi connectivity index (χ2v) is 8.35. The monoisotopic (exact) mass is 420 g/mol. The van der Waals surface area contributed by atoms with Crippen LogP contribution in [0.25, 0.3) is 0 Å². The summed E-state index contributed by atoms with van der Waals surface area (Å²) in [5.74, 6) is 0.967. The Morgan fingerprint density at radius 2 is 2.04 bits per heavy atom. The standard InChI is InChI=1S/C21H25ClN2O3S/c1-23(10-4-13-27-18-6-2-5-17(22)15-18)20(25)16-8-11-24(12-9-16)21(26)19-7-3-14-28-19/h2-3,5-7,14-16H,4,8-13H2,1H3. The number of benzene rings is 1. The number of carbonyl (C=O) groups is 2. The molecule has 2 heterocycles. The molecule has 1 fully saturated rings. The van der Waals surface area contributed by atoms with Gasteiger partial charge < -0.3 is 14.5 Å². The Morgan fingerprint density at radius 3 is 2.71 bits per heavy atom. The number of hydrogen-bond donors (Lipinski definition) is 0. The van der Waals surface area contributed by atoms with Gasteiger partial charge in [0, 0.05) is 37.6 Å². The first-order valence-corrected chi connectivity index (χ1v) is 10.8. The number of carbonyl (C=O) groups excluding carboxylic acids is 2. The molecular weight excluding hydrogens is 396 g/mol. The smallest absolute Gasteiger partial charge is 0.263 e. The van der Waals surface area contributed by atoms with Crippen molar-refractivity contribution >= 4 is 34.8 Å². The molecule has 0 spiro atoms. The molecule has 1 aliphatic heterocycles. The van der Waals surface area contributed by atoms with Crippen molar-refractivity contribution in [1.29, 1.82) is 0 Å². The average molecular weight is 421 g/mol. The predicted octanol–water partition coefficient (Wildman–Crippen LogP) is 4.18. The predicted molar refractivity (Wildman–Crippen MR) is 112 cm³/mol. The van der Waals surface area contributed by atoms with Crippen LogP contribution in [-0.4, -0.2) is 54.9 Å². The SMILES string of the molecule is CN(CCCOc1cccc(Cl)c1)C(=O)C1CCN(C(=O)c2cccs2)CC1. The summed E-state index contributed by atoms with van der Waals surface area (Å²) >= 11 is 7.40. The Balaban J connectivity index is 1.37. The van der Waals surface area contributed by atoms with E-state index in [-0.39, 0.29) is 17.7 Å². The van der Waals surface area contributed by atoms with Crippen LogP contribution in [0.1, 0.15) is 28.9 Å². The zero-order valence-corrected chi connectivity index (χ0v) is 17.5. The topological polar surface area (TPSA) is 49.9 Å². The van der Waals surface area contributed by atoms with Crippen molar-refractivity contribution in [3.8, 4) is 5.75 Å². The Kier molecular flexibility index (Phi) is 7.34. The molecule has 1 aromatic carbocycles. The zero-order valence-electron chi connectivity index (χ0n) is 16.0. The highest BCUT2D eigenvalue weighted by molar-refractivity contribution is 7.12. The molecule has 2 aromatic rings. The number of thiophene rings is 1. The quantitative estimate of drug-likeness (QED) is 0.631. The number of piperidine rings is 1. The van der Waals surface area contributed by atoms with Crippen LogP contribution < -0.4 is 4.74 Å². The minimum absolute atomic E-state index is 0.00812. The molecule has 0 bridgehead atoms. The van der Waals surface area contributed by atoms with Gasteiger partial charge in [-0.3, -0.25) is 9.59 Å². The molecule has 5 nitrogen and oxygen atoms in total. The molecule has 0 aliphatic carbocycles. The average Bonchev–Trinajstić information content (AvgIpc) is 3.25. The highest BCUT2D eigenvalue weighted by atomic mass is 35.5. The van der Waals surface area contributed by atoms with Crippen LogP contribution >= 0.6 is 22.9 Å². The number of amides is 2. The first kappa shape index (κ1) is 20.7. The molecule has 0 unspecified atom stereocenters. The minimum atomic E-state index is -0.00812. The van der Waals surface area contributed by atoms with Crippen LogP contribution in [-0.2, 0) is 4.79 Å². The third-order valence-electron chi connectivity index (χ3n) is 4.94. The van der Waals surface area contributed by atoms with Gasteiger partial charge in [-0.25, -0.2) is 0 Å².